The minimum atomic E-state index is -0.449. The highest BCUT2D eigenvalue weighted by molar-refractivity contribution is 6.29. The first-order valence-electron chi connectivity index (χ1n) is 5.94. The third kappa shape index (κ3) is 3.78. The average Bonchev–Trinajstić information content (AvgIpc) is 2.37. The highest BCUT2D eigenvalue weighted by atomic mass is 35.5. The van der Waals surface area contributed by atoms with Crippen molar-refractivity contribution in [1.82, 2.24) is 15.3 Å². The van der Waals surface area contributed by atoms with Gasteiger partial charge in [0.2, 0.25) is 0 Å². The largest absolute Gasteiger partial charge is 0.392 e. The lowest BCUT2D eigenvalue weighted by molar-refractivity contribution is 0.0222. The lowest BCUT2D eigenvalue weighted by Gasteiger charge is -2.22. The number of morpholine rings is 1. The van der Waals surface area contributed by atoms with Gasteiger partial charge in [-0.25, -0.2) is 9.97 Å². The van der Waals surface area contributed by atoms with Crippen molar-refractivity contribution in [3.63, 3.8) is 0 Å². The van der Waals surface area contributed by atoms with Crippen LogP contribution in [0.5, 0.6) is 0 Å². The molecular formula is C11H17ClN4O2. The Hall–Kier alpha value is -0.950. The third-order valence-electron chi connectivity index (χ3n) is 2.51. The van der Waals surface area contributed by atoms with Crippen LogP contribution in [0.1, 0.15) is 18.9 Å². The van der Waals surface area contributed by atoms with Gasteiger partial charge in [-0.2, -0.15) is 0 Å². The van der Waals surface area contributed by atoms with E-state index in [0.29, 0.717) is 36.5 Å². The molecule has 1 saturated heterocycles. The van der Waals surface area contributed by atoms with Gasteiger partial charge in [0, 0.05) is 25.7 Å². The number of nitrogens with one attached hydrogen (secondary N) is 2. The summed E-state index contributed by atoms with van der Waals surface area (Å²) in [6, 6.07) is 1.63. The molecule has 1 aliphatic rings. The molecule has 0 aromatic carbocycles. The van der Waals surface area contributed by atoms with Gasteiger partial charge in [0.1, 0.15) is 17.1 Å². The number of hydrogen-bond donors (Lipinski definition) is 3. The maximum atomic E-state index is 9.23. The van der Waals surface area contributed by atoms with Gasteiger partial charge in [0.25, 0.3) is 0 Å². The zero-order chi connectivity index (χ0) is 13.0. The summed E-state index contributed by atoms with van der Waals surface area (Å²) >= 11 is 5.95. The molecule has 0 amide bonds. The summed E-state index contributed by atoms with van der Waals surface area (Å²) < 4.78 is 5.58. The minimum Gasteiger partial charge on any atom is -0.392 e. The third-order valence-corrected chi connectivity index (χ3v) is 2.70. The Morgan fingerprint density at radius 3 is 3.17 bits per heavy atom. The second kappa shape index (κ2) is 6.29. The van der Waals surface area contributed by atoms with E-state index >= 15 is 0 Å². The first-order valence-corrected chi connectivity index (χ1v) is 6.31. The van der Waals surface area contributed by atoms with Crippen LogP contribution in [0, 0.1) is 0 Å². The fraction of sp³-hybridized carbons (Fsp3) is 0.636. The molecular weight excluding hydrogens is 256 g/mol. The standard InChI is InChI=1S/C11H17ClN4O2/c1-7(17)5-14-10-4-9(12)15-11(16-10)8-6-13-2-3-18-8/h4,7-8,13,17H,2-3,5-6H2,1H3,(H,14,15,16). The predicted octanol–water partition coefficient (Wildman–Crippen LogP) is 0.584. The lowest BCUT2D eigenvalue weighted by Crippen LogP contribution is -2.34. The van der Waals surface area contributed by atoms with Gasteiger partial charge in [-0.05, 0) is 6.92 Å². The summed E-state index contributed by atoms with van der Waals surface area (Å²) in [6.45, 7) is 4.26. The molecule has 0 saturated carbocycles. The van der Waals surface area contributed by atoms with E-state index in [4.69, 9.17) is 16.3 Å². The van der Waals surface area contributed by atoms with Crippen LogP contribution in [0.4, 0.5) is 5.82 Å². The Labute approximate surface area is 111 Å². The monoisotopic (exact) mass is 272 g/mol. The minimum absolute atomic E-state index is 0.176. The molecule has 1 aromatic rings. The fourth-order valence-electron chi connectivity index (χ4n) is 1.65. The van der Waals surface area contributed by atoms with E-state index in [1.54, 1.807) is 13.0 Å². The molecule has 7 heteroatoms. The van der Waals surface area contributed by atoms with Crippen LogP contribution < -0.4 is 10.6 Å². The number of aliphatic hydroxyl groups is 1. The van der Waals surface area contributed by atoms with Crippen molar-refractivity contribution >= 4 is 17.4 Å². The van der Waals surface area contributed by atoms with Crippen molar-refractivity contribution in [3.8, 4) is 0 Å². The number of ether oxygens (including phenoxy) is 1. The van der Waals surface area contributed by atoms with Gasteiger partial charge in [0.05, 0.1) is 12.7 Å². The molecule has 0 bridgehead atoms. The molecule has 18 heavy (non-hydrogen) atoms. The van der Waals surface area contributed by atoms with Crippen molar-refractivity contribution in [2.45, 2.75) is 19.1 Å². The summed E-state index contributed by atoms with van der Waals surface area (Å²) in [5.74, 6) is 1.16. The van der Waals surface area contributed by atoms with Crippen LogP contribution in [0.2, 0.25) is 5.15 Å². The van der Waals surface area contributed by atoms with Gasteiger partial charge in [-0.3, -0.25) is 0 Å². The summed E-state index contributed by atoms with van der Waals surface area (Å²) in [4.78, 5) is 8.52. The van der Waals surface area contributed by atoms with Crippen molar-refractivity contribution in [3.05, 3.63) is 17.0 Å². The van der Waals surface area contributed by atoms with Crippen molar-refractivity contribution in [2.24, 2.45) is 0 Å². The Balaban J connectivity index is 2.09. The second-order valence-electron chi connectivity index (χ2n) is 4.23. The van der Waals surface area contributed by atoms with Crippen LogP contribution in [-0.2, 0) is 4.74 Å². The van der Waals surface area contributed by atoms with Gasteiger partial charge in [-0.1, -0.05) is 11.6 Å². The molecule has 3 N–H and O–H groups in total. The predicted molar refractivity (Wildman–Crippen MR) is 68.8 cm³/mol. The first kappa shape index (κ1) is 13.5. The van der Waals surface area contributed by atoms with Gasteiger partial charge in [-0.15, -0.1) is 0 Å². The quantitative estimate of drug-likeness (QED) is 0.696. The molecule has 2 atom stereocenters. The first-order chi connectivity index (χ1) is 8.65. The van der Waals surface area contributed by atoms with Crippen molar-refractivity contribution in [1.29, 1.82) is 0 Å². The SMILES string of the molecule is CC(O)CNc1cc(Cl)nc(C2CNCCO2)n1. The Kier molecular flexibility index (Phi) is 4.71. The number of aromatic nitrogens is 2. The van der Waals surface area contributed by atoms with Crippen molar-refractivity contribution in [2.75, 3.05) is 31.6 Å². The molecule has 2 rings (SSSR count). The van der Waals surface area contributed by atoms with Crippen LogP contribution in [0.25, 0.3) is 0 Å². The molecule has 100 valence electrons. The summed E-state index contributed by atoms with van der Waals surface area (Å²) in [5.41, 5.74) is 0. The summed E-state index contributed by atoms with van der Waals surface area (Å²) in [5, 5.41) is 15.8. The fourth-order valence-corrected chi connectivity index (χ4v) is 1.84. The maximum Gasteiger partial charge on any atom is 0.162 e. The molecule has 2 unspecified atom stereocenters. The van der Waals surface area contributed by atoms with Crippen LogP contribution in [0.3, 0.4) is 0 Å². The molecule has 0 aliphatic carbocycles. The van der Waals surface area contributed by atoms with E-state index in [0.717, 1.165) is 6.54 Å². The molecule has 0 spiro atoms. The zero-order valence-electron chi connectivity index (χ0n) is 10.2. The number of nitrogens with zero attached hydrogens (tertiary/aromatic N) is 2. The molecule has 1 aliphatic heterocycles. The Morgan fingerprint density at radius 1 is 1.67 bits per heavy atom. The van der Waals surface area contributed by atoms with Crippen molar-refractivity contribution < 1.29 is 9.84 Å². The Bertz CT molecular complexity index is 397. The smallest absolute Gasteiger partial charge is 0.162 e. The van der Waals surface area contributed by atoms with Crippen LogP contribution in [-0.4, -0.2) is 47.4 Å². The van der Waals surface area contributed by atoms with Gasteiger partial charge in [0.15, 0.2) is 5.82 Å². The summed E-state index contributed by atoms with van der Waals surface area (Å²) in [7, 11) is 0. The number of rotatable bonds is 4. The number of aliphatic hydroxyl groups excluding tert-OH is 1. The highest BCUT2D eigenvalue weighted by Crippen LogP contribution is 2.19. The van der Waals surface area contributed by atoms with E-state index in [1.807, 2.05) is 0 Å². The van der Waals surface area contributed by atoms with E-state index in [1.165, 1.54) is 0 Å². The van der Waals surface area contributed by atoms with E-state index in [2.05, 4.69) is 20.6 Å². The maximum absolute atomic E-state index is 9.23. The topological polar surface area (TPSA) is 79.3 Å². The lowest BCUT2D eigenvalue weighted by atomic mass is 10.3. The number of halogens is 1. The van der Waals surface area contributed by atoms with Crippen LogP contribution in [0.15, 0.2) is 6.07 Å². The highest BCUT2D eigenvalue weighted by Gasteiger charge is 2.19. The van der Waals surface area contributed by atoms with E-state index < -0.39 is 6.10 Å². The molecule has 6 nitrogen and oxygen atoms in total. The van der Waals surface area contributed by atoms with E-state index in [9.17, 15) is 5.11 Å². The second-order valence-corrected chi connectivity index (χ2v) is 4.61. The average molecular weight is 273 g/mol. The normalized spacial score (nSPS) is 21.6. The molecule has 1 aromatic heterocycles. The zero-order valence-corrected chi connectivity index (χ0v) is 10.9. The van der Waals surface area contributed by atoms with Gasteiger partial charge < -0.3 is 20.5 Å². The van der Waals surface area contributed by atoms with Crippen LogP contribution >= 0.6 is 11.6 Å². The molecule has 1 fully saturated rings. The van der Waals surface area contributed by atoms with Gasteiger partial charge >= 0.3 is 0 Å². The number of anilines is 1. The molecule has 0 radical (unpaired) electrons. The summed E-state index contributed by atoms with van der Waals surface area (Å²) in [6.07, 6.45) is -0.626. The Morgan fingerprint density at radius 2 is 2.50 bits per heavy atom. The number of hydrogen-bond acceptors (Lipinski definition) is 6. The molecule has 2 heterocycles. The van der Waals surface area contributed by atoms with E-state index in [-0.39, 0.29) is 6.10 Å².